The van der Waals surface area contributed by atoms with Gasteiger partial charge in [-0.2, -0.15) is 0 Å². The summed E-state index contributed by atoms with van der Waals surface area (Å²) in [5.41, 5.74) is 14.9. The van der Waals surface area contributed by atoms with Crippen molar-refractivity contribution in [2.75, 3.05) is 12.8 Å². The number of aryl methyl sites for hydroxylation is 1. The van der Waals surface area contributed by atoms with Crippen molar-refractivity contribution in [2.45, 2.75) is 26.4 Å². The number of pyridine rings is 1. The number of hydrogen-bond acceptors (Lipinski definition) is 4. The average Bonchev–Trinajstić information content (AvgIpc) is 3.65. The molecule has 3 heterocycles. The number of nitrogen functional groups attached to an aromatic ring is 1. The molecular formula is C39H36N4O2. The van der Waals surface area contributed by atoms with Crippen LogP contribution in [0.25, 0.3) is 21.8 Å². The van der Waals surface area contributed by atoms with Crippen molar-refractivity contribution in [1.82, 2.24) is 14.1 Å². The van der Waals surface area contributed by atoms with Gasteiger partial charge in [-0.1, -0.05) is 66.7 Å². The Balaban J connectivity index is 0.000000179. The van der Waals surface area contributed by atoms with E-state index in [9.17, 15) is 4.79 Å². The largest absolute Gasteiger partial charge is 0.465 e. The number of benzene rings is 4. The Hall–Kier alpha value is -5.62. The van der Waals surface area contributed by atoms with Crippen LogP contribution in [0.2, 0.25) is 0 Å². The molecule has 0 bridgehead atoms. The van der Waals surface area contributed by atoms with E-state index in [2.05, 4.69) is 111 Å². The molecule has 4 aromatic carbocycles. The van der Waals surface area contributed by atoms with Crippen molar-refractivity contribution in [3.8, 4) is 0 Å². The summed E-state index contributed by atoms with van der Waals surface area (Å²) in [6.45, 7) is 3.66. The Bertz CT molecular complexity index is 2060. The van der Waals surface area contributed by atoms with E-state index < -0.39 is 0 Å². The third kappa shape index (κ3) is 6.97. The molecule has 3 aromatic heterocycles. The molecule has 0 radical (unpaired) electrons. The van der Waals surface area contributed by atoms with Crippen LogP contribution in [-0.2, 0) is 24.2 Å². The Labute approximate surface area is 263 Å². The molecule has 0 amide bonds. The van der Waals surface area contributed by atoms with Gasteiger partial charge in [-0.15, -0.1) is 0 Å². The summed E-state index contributed by atoms with van der Waals surface area (Å²) in [5.74, 6) is -0.346. The van der Waals surface area contributed by atoms with Gasteiger partial charge in [-0.05, 0) is 83.1 Å². The van der Waals surface area contributed by atoms with Crippen LogP contribution in [0.1, 0.15) is 38.3 Å². The van der Waals surface area contributed by atoms with Crippen LogP contribution >= 0.6 is 0 Å². The van der Waals surface area contributed by atoms with Gasteiger partial charge in [0, 0.05) is 60.2 Å². The average molecular weight is 593 g/mol. The molecule has 0 aliphatic carbocycles. The van der Waals surface area contributed by atoms with Crippen molar-refractivity contribution in [2.24, 2.45) is 0 Å². The van der Waals surface area contributed by atoms with Gasteiger partial charge >= 0.3 is 5.97 Å². The molecule has 0 saturated carbocycles. The zero-order valence-electron chi connectivity index (χ0n) is 25.6. The molecular weight excluding hydrogens is 556 g/mol. The summed E-state index contributed by atoms with van der Waals surface area (Å²) in [6.07, 6.45) is 6.60. The van der Waals surface area contributed by atoms with E-state index in [1.54, 1.807) is 6.20 Å². The second-order valence-electron chi connectivity index (χ2n) is 11.2. The normalized spacial score (nSPS) is 10.9. The number of methoxy groups -OCH3 is 1. The highest BCUT2D eigenvalue weighted by atomic mass is 16.5. The van der Waals surface area contributed by atoms with E-state index in [0.717, 1.165) is 35.6 Å². The van der Waals surface area contributed by atoms with Crippen LogP contribution in [0.3, 0.4) is 0 Å². The lowest BCUT2D eigenvalue weighted by Crippen LogP contribution is -2.08. The molecule has 0 saturated heterocycles. The second-order valence-corrected chi connectivity index (χ2v) is 11.2. The Morgan fingerprint density at radius 1 is 0.711 bits per heavy atom. The molecule has 224 valence electrons. The highest BCUT2D eigenvalue weighted by Gasteiger charge is 2.14. The van der Waals surface area contributed by atoms with E-state index >= 15 is 0 Å². The first-order chi connectivity index (χ1) is 22.0. The molecule has 0 atom stereocenters. The smallest absolute Gasteiger partial charge is 0.339 e. The van der Waals surface area contributed by atoms with Crippen molar-refractivity contribution in [3.05, 3.63) is 167 Å². The van der Waals surface area contributed by atoms with Crippen molar-refractivity contribution >= 4 is 33.5 Å². The van der Waals surface area contributed by atoms with E-state index in [1.165, 1.54) is 40.0 Å². The summed E-state index contributed by atoms with van der Waals surface area (Å²) in [5, 5.41) is 2.38. The molecule has 45 heavy (non-hydrogen) atoms. The molecule has 2 N–H and O–H groups in total. The van der Waals surface area contributed by atoms with E-state index in [4.69, 9.17) is 10.5 Å². The fraction of sp³-hybridized carbons (Fsp3) is 0.128. The SMILES string of the molecule is COC(=O)c1cc(C)cnc1Cc1ccc2c(ccn2Cc2ccccc2)c1.Nc1ccc2c(ccn2Cc2ccccc2)c1. The van der Waals surface area contributed by atoms with Crippen LogP contribution < -0.4 is 5.73 Å². The summed E-state index contributed by atoms with van der Waals surface area (Å²) in [7, 11) is 1.40. The van der Waals surface area contributed by atoms with E-state index in [-0.39, 0.29) is 5.97 Å². The van der Waals surface area contributed by atoms with Gasteiger partial charge in [0.1, 0.15) is 0 Å². The molecule has 6 nitrogen and oxygen atoms in total. The topological polar surface area (TPSA) is 75.1 Å². The molecule has 7 rings (SSSR count). The maximum absolute atomic E-state index is 12.1. The Kier molecular flexibility index (Phi) is 8.74. The first-order valence-electron chi connectivity index (χ1n) is 15.0. The van der Waals surface area contributed by atoms with Crippen LogP contribution in [-0.4, -0.2) is 27.2 Å². The van der Waals surface area contributed by atoms with Gasteiger partial charge in [0.2, 0.25) is 0 Å². The maximum atomic E-state index is 12.1. The lowest BCUT2D eigenvalue weighted by molar-refractivity contribution is 0.0599. The minimum Gasteiger partial charge on any atom is -0.465 e. The minimum atomic E-state index is -0.346. The number of carbonyl (C=O) groups is 1. The molecule has 0 fully saturated rings. The Morgan fingerprint density at radius 2 is 1.29 bits per heavy atom. The number of ether oxygens (including phenoxy) is 1. The third-order valence-electron chi connectivity index (χ3n) is 7.91. The summed E-state index contributed by atoms with van der Waals surface area (Å²) >= 11 is 0. The molecule has 0 unspecified atom stereocenters. The number of nitrogens with zero attached hydrogens (tertiary/aromatic N) is 3. The number of aromatic nitrogens is 3. The number of esters is 1. The van der Waals surface area contributed by atoms with Crippen LogP contribution in [0.4, 0.5) is 5.69 Å². The third-order valence-corrected chi connectivity index (χ3v) is 7.91. The van der Waals surface area contributed by atoms with E-state index in [0.29, 0.717) is 12.0 Å². The first kappa shape index (κ1) is 29.5. The fourth-order valence-electron chi connectivity index (χ4n) is 5.63. The van der Waals surface area contributed by atoms with Gasteiger partial charge in [0.25, 0.3) is 0 Å². The predicted octanol–water partition coefficient (Wildman–Crippen LogP) is 8.04. The second kappa shape index (κ2) is 13.3. The summed E-state index contributed by atoms with van der Waals surface area (Å²) < 4.78 is 9.41. The molecule has 6 heteroatoms. The molecule has 0 aliphatic heterocycles. The fourth-order valence-corrected chi connectivity index (χ4v) is 5.63. The zero-order valence-corrected chi connectivity index (χ0v) is 25.6. The highest BCUT2D eigenvalue weighted by Crippen LogP contribution is 2.23. The molecule has 0 spiro atoms. The number of carbonyl (C=O) groups excluding carboxylic acids is 1. The minimum absolute atomic E-state index is 0.346. The number of nitrogens with two attached hydrogens (primary N) is 1. The zero-order chi connectivity index (χ0) is 31.2. The predicted molar refractivity (Wildman–Crippen MR) is 182 cm³/mol. The van der Waals surface area contributed by atoms with Gasteiger partial charge in [0.05, 0.1) is 18.4 Å². The van der Waals surface area contributed by atoms with Crippen molar-refractivity contribution < 1.29 is 9.53 Å². The van der Waals surface area contributed by atoms with Gasteiger partial charge in [-0.3, -0.25) is 4.98 Å². The monoisotopic (exact) mass is 592 g/mol. The lowest BCUT2D eigenvalue weighted by Gasteiger charge is -2.09. The van der Waals surface area contributed by atoms with Gasteiger partial charge in [-0.25, -0.2) is 4.79 Å². The number of rotatable bonds is 7. The van der Waals surface area contributed by atoms with E-state index in [1.807, 2.05) is 37.3 Å². The van der Waals surface area contributed by atoms with Crippen molar-refractivity contribution in [1.29, 1.82) is 0 Å². The van der Waals surface area contributed by atoms with Gasteiger partial charge < -0.3 is 19.6 Å². The summed E-state index contributed by atoms with van der Waals surface area (Å²) in [6, 6.07) is 39.4. The van der Waals surface area contributed by atoms with Crippen molar-refractivity contribution in [3.63, 3.8) is 0 Å². The highest BCUT2D eigenvalue weighted by molar-refractivity contribution is 5.91. The first-order valence-corrected chi connectivity index (χ1v) is 15.0. The number of hydrogen-bond donors (Lipinski definition) is 1. The number of fused-ring (bicyclic) bond motifs is 2. The number of anilines is 1. The van der Waals surface area contributed by atoms with Crippen LogP contribution in [0.15, 0.2) is 134 Å². The standard InChI is InChI=1S/C24H22N2O2.C15H14N2/c1-17-12-21(24(27)28-2)22(25-15-17)14-19-8-9-23-20(13-19)10-11-26(23)16-18-6-4-3-5-7-18;16-14-6-7-15-13(10-14)8-9-17(15)11-12-4-2-1-3-5-12/h3-13,15H,14,16H2,1-2H3;1-10H,11,16H2. The molecule has 7 aromatic rings. The van der Waals surface area contributed by atoms with Crippen LogP contribution in [0.5, 0.6) is 0 Å². The van der Waals surface area contributed by atoms with Gasteiger partial charge in [0.15, 0.2) is 0 Å². The summed E-state index contributed by atoms with van der Waals surface area (Å²) in [4.78, 5) is 16.6. The molecule has 0 aliphatic rings. The quantitative estimate of drug-likeness (QED) is 0.150. The lowest BCUT2D eigenvalue weighted by atomic mass is 10.0. The Morgan fingerprint density at radius 3 is 1.89 bits per heavy atom. The maximum Gasteiger partial charge on any atom is 0.339 e. The van der Waals surface area contributed by atoms with Crippen LogP contribution in [0, 0.1) is 6.92 Å².